The van der Waals surface area contributed by atoms with Crippen LogP contribution in [0, 0.1) is 0 Å². The third-order valence-electron chi connectivity index (χ3n) is 2.79. The Labute approximate surface area is 129 Å². The highest BCUT2D eigenvalue weighted by Gasteiger charge is 2.31. The highest BCUT2D eigenvalue weighted by Crippen LogP contribution is 2.28. The molecule has 0 bridgehead atoms. The number of carbonyl (C=O) groups is 1. The molecule has 124 valence electrons. The van der Waals surface area contributed by atoms with Crippen molar-refractivity contribution < 1.29 is 27.2 Å². The number of rotatable bonds is 4. The van der Waals surface area contributed by atoms with E-state index in [1.165, 1.54) is 19.1 Å². The molecule has 1 amide bonds. The molecule has 0 atom stereocenters. The summed E-state index contributed by atoms with van der Waals surface area (Å²) in [5, 5.41) is 6.40. The highest BCUT2D eigenvalue weighted by molar-refractivity contribution is 5.73. The van der Waals surface area contributed by atoms with Gasteiger partial charge in [0.15, 0.2) is 5.82 Å². The normalized spacial score (nSPS) is 12.1. The Morgan fingerprint density at radius 2 is 2.00 bits per heavy atom. The van der Waals surface area contributed by atoms with Crippen LogP contribution in [0.1, 0.15) is 26.6 Å². The summed E-state index contributed by atoms with van der Waals surface area (Å²) in [6, 6.07) is 5.18. The van der Waals surface area contributed by atoms with Crippen LogP contribution < -0.4 is 10.1 Å². The number of aromatic nitrogens is 2. The molecule has 0 unspecified atom stereocenters. The monoisotopic (exact) mass is 329 g/mol. The Kier molecular flexibility index (Phi) is 4.31. The molecule has 23 heavy (non-hydrogen) atoms. The number of hydrogen-bond acceptors (Lipinski definition) is 5. The molecular formula is C14H14F3N3O3. The van der Waals surface area contributed by atoms with E-state index in [4.69, 9.17) is 4.52 Å². The summed E-state index contributed by atoms with van der Waals surface area (Å²) >= 11 is 0. The van der Waals surface area contributed by atoms with Crippen LogP contribution in [0.2, 0.25) is 0 Å². The largest absolute Gasteiger partial charge is 0.573 e. The number of alkyl halides is 3. The van der Waals surface area contributed by atoms with Crippen molar-refractivity contribution in [3.8, 4) is 17.2 Å². The zero-order valence-electron chi connectivity index (χ0n) is 12.6. The second-order valence-electron chi connectivity index (χ2n) is 5.30. The van der Waals surface area contributed by atoms with Crippen LogP contribution in [-0.4, -0.2) is 22.4 Å². The lowest BCUT2D eigenvalue weighted by atomic mass is 10.1. The van der Waals surface area contributed by atoms with Crippen molar-refractivity contribution in [1.29, 1.82) is 0 Å². The molecule has 0 aliphatic carbocycles. The van der Waals surface area contributed by atoms with E-state index >= 15 is 0 Å². The third-order valence-corrected chi connectivity index (χ3v) is 2.79. The topological polar surface area (TPSA) is 77.2 Å². The number of amides is 1. The molecule has 0 fully saturated rings. The molecule has 6 nitrogen and oxygen atoms in total. The van der Waals surface area contributed by atoms with Crippen molar-refractivity contribution in [1.82, 2.24) is 15.5 Å². The van der Waals surface area contributed by atoms with Crippen molar-refractivity contribution >= 4 is 5.91 Å². The van der Waals surface area contributed by atoms with Crippen molar-refractivity contribution in [3.63, 3.8) is 0 Å². The minimum atomic E-state index is -4.79. The minimum absolute atomic E-state index is 0.0195. The van der Waals surface area contributed by atoms with Gasteiger partial charge in [0.1, 0.15) is 5.75 Å². The number of hydrogen-bond donors (Lipinski definition) is 1. The molecule has 1 heterocycles. The van der Waals surface area contributed by atoms with Gasteiger partial charge < -0.3 is 14.6 Å². The van der Waals surface area contributed by atoms with Gasteiger partial charge in [-0.2, -0.15) is 4.98 Å². The Morgan fingerprint density at radius 1 is 1.30 bits per heavy atom. The Bertz CT molecular complexity index is 711. The first kappa shape index (κ1) is 16.8. The fourth-order valence-corrected chi connectivity index (χ4v) is 1.92. The molecule has 2 rings (SSSR count). The zero-order chi connectivity index (χ0) is 17.3. The van der Waals surface area contributed by atoms with Gasteiger partial charge in [0.05, 0.1) is 5.54 Å². The van der Waals surface area contributed by atoms with Gasteiger partial charge in [-0.1, -0.05) is 11.2 Å². The van der Waals surface area contributed by atoms with Gasteiger partial charge >= 0.3 is 6.36 Å². The van der Waals surface area contributed by atoms with Crippen molar-refractivity contribution in [3.05, 3.63) is 30.1 Å². The molecule has 0 aliphatic rings. The van der Waals surface area contributed by atoms with Gasteiger partial charge in [-0.15, -0.1) is 13.2 Å². The standard InChI is InChI=1S/C14H14F3N3O3/c1-8(21)19-13(2,3)12-18-11(23-20-12)9-5-4-6-10(7-9)22-14(15,16)17/h4-7H,1-3H3,(H,19,21). The van der Waals surface area contributed by atoms with Gasteiger partial charge in [-0.25, -0.2) is 0 Å². The number of benzene rings is 1. The quantitative estimate of drug-likeness (QED) is 0.933. The Morgan fingerprint density at radius 3 is 2.61 bits per heavy atom. The van der Waals surface area contributed by atoms with E-state index in [9.17, 15) is 18.0 Å². The predicted octanol–water partition coefficient (Wildman–Crippen LogP) is 3.01. The zero-order valence-corrected chi connectivity index (χ0v) is 12.6. The van der Waals surface area contributed by atoms with E-state index in [2.05, 4.69) is 20.2 Å². The lowest BCUT2D eigenvalue weighted by molar-refractivity contribution is -0.274. The fourth-order valence-electron chi connectivity index (χ4n) is 1.92. The SMILES string of the molecule is CC(=O)NC(C)(C)c1noc(-c2cccc(OC(F)(F)F)c2)n1. The molecule has 1 N–H and O–H groups in total. The van der Waals surface area contributed by atoms with Crippen LogP contribution in [0.4, 0.5) is 13.2 Å². The number of nitrogens with zero attached hydrogens (tertiary/aromatic N) is 2. The number of nitrogens with one attached hydrogen (secondary N) is 1. The second kappa shape index (κ2) is 5.90. The smallest absolute Gasteiger partial charge is 0.406 e. The van der Waals surface area contributed by atoms with E-state index in [-0.39, 0.29) is 23.2 Å². The lowest BCUT2D eigenvalue weighted by Crippen LogP contribution is -2.40. The average molecular weight is 329 g/mol. The molecule has 0 saturated heterocycles. The van der Waals surface area contributed by atoms with Crippen LogP contribution in [0.5, 0.6) is 5.75 Å². The van der Waals surface area contributed by atoms with Crippen molar-refractivity contribution in [2.45, 2.75) is 32.7 Å². The molecule has 2 aromatic rings. The van der Waals surface area contributed by atoms with Crippen LogP contribution in [0.15, 0.2) is 28.8 Å². The van der Waals surface area contributed by atoms with Crippen LogP contribution >= 0.6 is 0 Å². The predicted molar refractivity (Wildman–Crippen MR) is 73.3 cm³/mol. The summed E-state index contributed by atoms with van der Waals surface area (Å²) in [5.74, 6) is -0.450. The number of ether oxygens (including phenoxy) is 1. The van der Waals surface area contributed by atoms with Gasteiger partial charge in [0.2, 0.25) is 5.91 Å². The number of carbonyl (C=O) groups excluding carboxylic acids is 1. The van der Waals surface area contributed by atoms with E-state index in [1.807, 2.05) is 0 Å². The van der Waals surface area contributed by atoms with Crippen LogP contribution in [-0.2, 0) is 10.3 Å². The van der Waals surface area contributed by atoms with Crippen LogP contribution in [0.25, 0.3) is 11.5 Å². The first-order valence-electron chi connectivity index (χ1n) is 6.56. The molecule has 0 radical (unpaired) electrons. The van der Waals surface area contributed by atoms with E-state index in [0.29, 0.717) is 0 Å². The molecule has 9 heteroatoms. The summed E-state index contributed by atoms with van der Waals surface area (Å²) < 4.78 is 45.6. The summed E-state index contributed by atoms with van der Waals surface area (Å²) in [6.07, 6.45) is -4.79. The maximum atomic E-state index is 12.2. The van der Waals surface area contributed by atoms with E-state index in [1.54, 1.807) is 13.8 Å². The molecular weight excluding hydrogens is 315 g/mol. The average Bonchev–Trinajstić information content (AvgIpc) is 2.85. The van der Waals surface area contributed by atoms with Crippen molar-refractivity contribution in [2.24, 2.45) is 0 Å². The van der Waals surface area contributed by atoms with E-state index in [0.717, 1.165) is 12.1 Å². The third kappa shape index (κ3) is 4.44. The van der Waals surface area contributed by atoms with E-state index < -0.39 is 17.7 Å². The minimum Gasteiger partial charge on any atom is -0.406 e. The first-order chi connectivity index (χ1) is 10.6. The maximum absolute atomic E-state index is 12.2. The van der Waals surface area contributed by atoms with Gasteiger partial charge in [0.25, 0.3) is 5.89 Å². The highest BCUT2D eigenvalue weighted by atomic mass is 19.4. The second-order valence-corrected chi connectivity index (χ2v) is 5.30. The van der Waals surface area contributed by atoms with Gasteiger partial charge in [-0.05, 0) is 32.0 Å². The molecule has 1 aromatic heterocycles. The summed E-state index contributed by atoms with van der Waals surface area (Å²) in [7, 11) is 0. The fraction of sp³-hybridized carbons (Fsp3) is 0.357. The summed E-state index contributed by atoms with van der Waals surface area (Å²) in [5.41, 5.74) is -0.614. The van der Waals surface area contributed by atoms with Gasteiger partial charge in [0, 0.05) is 12.5 Å². The maximum Gasteiger partial charge on any atom is 0.573 e. The Hall–Kier alpha value is -2.58. The summed E-state index contributed by atoms with van der Waals surface area (Å²) in [6.45, 7) is 4.69. The lowest BCUT2D eigenvalue weighted by Gasteiger charge is -2.20. The van der Waals surface area contributed by atoms with Crippen molar-refractivity contribution in [2.75, 3.05) is 0 Å². The molecule has 1 aromatic carbocycles. The number of halogens is 3. The van der Waals surface area contributed by atoms with Gasteiger partial charge in [-0.3, -0.25) is 4.79 Å². The molecule has 0 aliphatic heterocycles. The Balaban J connectivity index is 2.27. The van der Waals surface area contributed by atoms with Crippen LogP contribution in [0.3, 0.4) is 0 Å². The summed E-state index contributed by atoms with van der Waals surface area (Å²) in [4.78, 5) is 15.3. The first-order valence-corrected chi connectivity index (χ1v) is 6.56. The molecule has 0 saturated carbocycles. The molecule has 0 spiro atoms.